The van der Waals surface area contributed by atoms with Crippen LogP contribution in [0.5, 0.6) is 5.75 Å². The Morgan fingerprint density at radius 2 is 1.81 bits per heavy atom. The Kier molecular flexibility index (Phi) is 7.91. The molecule has 0 bridgehead atoms. The molecule has 2 aromatic rings. The molecule has 36 heavy (non-hydrogen) atoms. The van der Waals surface area contributed by atoms with E-state index in [2.05, 4.69) is 5.32 Å². The molecule has 192 valence electrons. The molecule has 9 nitrogen and oxygen atoms in total. The van der Waals surface area contributed by atoms with Crippen molar-refractivity contribution < 1.29 is 28.6 Å². The quantitative estimate of drug-likeness (QED) is 0.592. The van der Waals surface area contributed by atoms with Gasteiger partial charge >= 0.3 is 0 Å². The average molecular weight is 496 g/mol. The Balaban J connectivity index is 1.57. The number of nitrogens with zero attached hydrogens (tertiary/aromatic N) is 2. The zero-order chi connectivity index (χ0) is 25.7. The van der Waals surface area contributed by atoms with Crippen molar-refractivity contribution in [3.8, 4) is 5.75 Å². The summed E-state index contributed by atoms with van der Waals surface area (Å²) in [6.45, 7) is 3.52. The first-order valence-corrected chi connectivity index (χ1v) is 12.1. The van der Waals surface area contributed by atoms with E-state index in [-0.39, 0.29) is 24.3 Å². The van der Waals surface area contributed by atoms with Gasteiger partial charge in [-0.3, -0.25) is 19.3 Å². The molecule has 2 aromatic carbocycles. The highest BCUT2D eigenvalue weighted by molar-refractivity contribution is 5.99. The minimum atomic E-state index is -0.980. The number of rotatable bonds is 7. The van der Waals surface area contributed by atoms with Crippen molar-refractivity contribution in [2.24, 2.45) is 0 Å². The molecular formula is C27H33N3O6. The molecule has 0 aromatic heterocycles. The number of nitrogens with one attached hydrogen (secondary N) is 1. The van der Waals surface area contributed by atoms with E-state index in [0.717, 1.165) is 5.56 Å². The van der Waals surface area contributed by atoms with Crippen molar-refractivity contribution >= 4 is 17.7 Å². The SMILES string of the molecule is COCCNC(=O)[C@@H]1COC2(CCN(C(=O)c3ccccc3C)CC2)N1C(=O)c1cccc(OC)c1. The van der Waals surface area contributed by atoms with Crippen molar-refractivity contribution in [1.29, 1.82) is 0 Å². The van der Waals surface area contributed by atoms with Crippen LogP contribution >= 0.6 is 0 Å². The van der Waals surface area contributed by atoms with E-state index in [1.165, 1.54) is 7.11 Å². The molecule has 0 radical (unpaired) electrons. The van der Waals surface area contributed by atoms with Gasteiger partial charge in [0.1, 0.15) is 17.5 Å². The molecule has 1 spiro atoms. The Hall–Kier alpha value is -3.43. The summed E-state index contributed by atoms with van der Waals surface area (Å²) in [5, 5.41) is 2.83. The summed E-state index contributed by atoms with van der Waals surface area (Å²) in [6, 6.07) is 13.6. The number of likely N-dealkylation sites (tertiary alicyclic amines) is 1. The fraction of sp³-hybridized carbons (Fsp3) is 0.444. The molecule has 1 N–H and O–H groups in total. The largest absolute Gasteiger partial charge is 0.497 e. The summed E-state index contributed by atoms with van der Waals surface area (Å²) in [5.74, 6) is -0.0919. The third-order valence-corrected chi connectivity index (χ3v) is 6.91. The first-order valence-electron chi connectivity index (χ1n) is 12.1. The number of piperidine rings is 1. The van der Waals surface area contributed by atoms with E-state index in [4.69, 9.17) is 14.2 Å². The molecule has 4 rings (SSSR count). The third kappa shape index (κ3) is 5.08. The van der Waals surface area contributed by atoms with Crippen LogP contribution in [0.15, 0.2) is 48.5 Å². The molecule has 0 unspecified atom stereocenters. The maximum absolute atomic E-state index is 13.8. The minimum absolute atomic E-state index is 0.0412. The lowest BCUT2D eigenvalue weighted by Crippen LogP contribution is -2.60. The number of carbonyl (C=O) groups excluding carboxylic acids is 3. The first kappa shape index (κ1) is 25.7. The fourth-order valence-electron chi connectivity index (χ4n) is 4.90. The van der Waals surface area contributed by atoms with Crippen LogP contribution in [0.25, 0.3) is 0 Å². The molecule has 9 heteroatoms. The monoisotopic (exact) mass is 495 g/mol. The number of aryl methyl sites for hydroxylation is 1. The zero-order valence-corrected chi connectivity index (χ0v) is 21.0. The second-order valence-corrected chi connectivity index (χ2v) is 9.07. The van der Waals surface area contributed by atoms with Gasteiger partial charge in [-0.25, -0.2) is 0 Å². The van der Waals surface area contributed by atoms with Crippen molar-refractivity contribution in [2.75, 3.05) is 47.1 Å². The molecule has 2 saturated heterocycles. The lowest BCUT2D eigenvalue weighted by atomic mass is 9.95. The Bertz CT molecular complexity index is 1110. The van der Waals surface area contributed by atoms with Crippen LogP contribution in [0, 0.1) is 6.92 Å². The highest BCUT2D eigenvalue weighted by Gasteiger charge is 2.54. The molecule has 2 heterocycles. The number of amides is 3. The van der Waals surface area contributed by atoms with E-state index in [1.807, 2.05) is 31.2 Å². The Morgan fingerprint density at radius 3 is 2.50 bits per heavy atom. The topological polar surface area (TPSA) is 97.4 Å². The highest BCUT2D eigenvalue weighted by atomic mass is 16.5. The number of hydrogen-bond acceptors (Lipinski definition) is 6. The molecular weight excluding hydrogens is 462 g/mol. The van der Waals surface area contributed by atoms with Gasteiger partial charge in [-0.1, -0.05) is 24.3 Å². The van der Waals surface area contributed by atoms with Crippen molar-refractivity contribution in [3.63, 3.8) is 0 Å². The molecule has 2 aliphatic rings. The van der Waals surface area contributed by atoms with Gasteiger partial charge in [0.2, 0.25) is 5.91 Å². The maximum Gasteiger partial charge on any atom is 0.257 e. The summed E-state index contributed by atoms with van der Waals surface area (Å²) in [7, 11) is 3.10. The summed E-state index contributed by atoms with van der Waals surface area (Å²) >= 11 is 0. The zero-order valence-electron chi connectivity index (χ0n) is 21.0. The molecule has 0 saturated carbocycles. The standard InChI is InChI=1S/C27H33N3O6/c1-19-7-4-5-10-22(19)26(33)29-14-11-27(12-15-29)30(23(18-36-27)24(31)28-13-16-34-2)25(32)20-8-6-9-21(17-20)35-3/h4-10,17,23H,11-16,18H2,1-3H3,(H,28,31)/t23-/m0/s1. The van der Waals surface area contributed by atoms with Gasteiger partial charge in [0, 0.05) is 50.7 Å². The normalized spacial score (nSPS) is 18.8. The van der Waals surface area contributed by atoms with Gasteiger partial charge in [0.05, 0.1) is 20.3 Å². The van der Waals surface area contributed by atoms with Gasteiger partial charge in [0.15, 0.2) is 0 Å². The molecule has 1 atom stereocenters. The predicted molar refractivity (Wildman–Crippen MR) is 133 cm³/mol. The maximum atomic E-state index is 13.8. The van der Waals surface area contributed by atoms with Crippen LogP contribution < -0.4 is 10.1 Å². The summed E-state index contributed by atoms with van der Waals surface area (Å²) < 4.78 is 16.6. The van der Waals surface area contributed by atoms with Crippen LogP contribution in [-0.4, -0.2) is 86.4 Å². The van der Waals surface area contributed by atoms with Gasteiger partial charge in [0.25, 0.3) is 11.8 Å². The number of carbonyl (C=O) groups is 3. The van der Waals surface area contributed by atoms with Crippen molar-refractivity contribution in [1.82, 2.24) is 15.1 Å². The number of benzene rings is 2. The van der Waals surface area contributed by atoms with Gasteiger partial charge < -0.3 is 24.4 Å². The summed E-state index contributed by atoms with van der Waals surface area (Å²) in [6.07, 6.45) is 0.810. The van der Waals surface area contributed by atoms with Crippen LogP contribution in [0.2, 0.25) is 0 Å². The average Bonchev–Trinajstić information content (AvgIpc) is 3.27. The highest BCUT2D eigenvalue weighted by Crippen LogP contribution is 2.39. The van der Waals surface area contributed by atoms with Crippen LogP contribution in [0.3, 0.4) is 0 Å². The van der Waals surface area contributed by atoms with Gasteiger partial charge in [-0.2, -0.15) is 0 Å². The second-order valence-electron chi connectivity index (χ2n) is 9.07. The van der Waals surface area contributed by atoms with Crippen molar-refractivity contribution in [3.05, 3.63) is 65.2 Å². The second kappa shape index (κ2) is 11.1. The molecule has 3 amide bonds. The molecule has 2 fully saturated rings. The van der Waals surface area contributed by atoms with E-state index in [1.54, 1.807) is 41.2 Å². The number of ether oxygens (including phenoxy) is 3. The van der Waals surface area contributed by atoms with Gasteiger partial charge in [-0.05, 0) is 36.8 Å². The van der Waals surface area contributed by atoms with E-state index in [0.29, 0.717) is 56.0 Å². The molecule has 0 aliphatic carbocycles. The third-order valence-electron chi connectivity index (χ3n) is 6.91. The van der Waals surface area contributed by atoms with E-state index in [9.17, 15) is 14.4 Å². The van der Waals surface area contributed by atoms with Gasteiger partial charge in [-0.15, -0.1) is 0 Å². The Morgan fingerprint density at radius 1 is 1.06 bits per heavy atom. The predicted octanol–water partition coefficient (Wildman–Crippen LogP) is 2.24. The smallest absolute Gasteiger partial charge is 0.257 e. The van der Waals surface area contributed by atoms with E-state index < -0.39 is 11.8 Å². The van der Waals surface area contributed by atoms with Crippen molar-refractivity contribution in [2.45, 2.75) is 31.5 Å². The Labute approximate surface area is 211 Å². The minimum Gasteiger partial charge on any atom is -0.497 e. The number of hydrogen-bond donors (Lipinski definition) is 1. The lowest BCUT2D eigenvalue weighted by molar-refractivity contribution is -0.128. The summed E-state index contributed by atoms with van der Waals surface area (Å²) in [5.41, 5.74) is 1.02. The van der Waals surface area contributed by atoms with E-state index >= 15 is 0 Å². The lowest BCUT2D eigenvalue weighted by Gasteiger charge is -2.44. The van der Waals surface area contributed by atoms with Crippen LogP contribution in [0.4, 0.5) is 0 Å². The molecule has 2 aliphatic heterocycles. The number of methoxy groups -OCH3 is 2. The fourth-order valence-corrected chi connectivity index (χ4v) is 4.90. The van der Waals surface area contributed by atoms with Crippen LogP contribution in [-0.2, 0) is 14.3 Å². The van der Waals surface area contributed by atoms with Crippen LogP contribution in [0.1, 0.15) is 39.1 Å². The summed E-state index contributed by atoms with van der Waals surface area (Å²) in [4.78, 5) is 43.4. The first-order chi connectivity index (χ1) is 17.4.